The highest BCUT2D eigenvalue weighted by atomic mass is 16.5. The molecule has 1 unspecified atom stereocenters. The lowest BCUT2D eigenvalue weighted by atomic mass is 9.78. The lowest BCUT2D eigenvalue weighted by Gasteiger charge is -2.26. The molecular formula is C26H39NO5. The van der Waals surface area contributed by atoms with Crippen LogP contribution >= 0.6 is 0 Å². The van der Waals surface area contributed by atoms with Gasteiger partial charge in [-0.2, -0.15) is 0 Å². The summed E-state index contributed by atoms with van der Waals surface area (Å²) >= 11 is 0. The summed E-state index contributed by atoms with van der Waals surface area (Å²) in [6.07, 6.45) is 1.76. The van der Waals surface area contributed by atoms with E-state index in [-0.39, 0.29) is 12.0 Å². The number of aliphatic hydroxyl groups is 2. The van der Waals surface area contributed by atoms with Crippen LogP contribution in [0.4, 0.5) is 0 Å². The van der Waals surface area contributed by atoms with Crippen molar-refractivity contribution in [2.75, 3.05) is 46.1 Å². The number of hydrogen-bond acceptors (Lipinski definition) is 6. The number of benzene rings is 2. The Morgan fingerprint density at radius 3 is 1.97 bits per heavy atom. The van der Waals surface area contributed by atoms with E-state index in [0.29, 0.717) is 33.0 Å². The standard InChI is InChI=1S/C26H39NO5/c1-4-5-14-27-19-23(29)20-30-17-18-32-25-12-8-22(9-13-25)26(2,3)21-6-10-24(11-7-21)31-16-15-28/h6-13,23,27-29H,4-5,14-20H2,1-3H3. The third-order valence-corrected chi connectivity index (χ3v) is 5.41. The van der Waals surface area contributed by atoms with Crippen LogP contribution in [0.3, 0.4) is 0 Å². The van der Waals surface area contributed by atoms with Crippen LogP contribution in [-0.4, -0.2) is 62.4 Å². The average molecular weight is 446 g/mol. The van der Waals surface area contributed by atoms with Crippen molar-refractivity contribution in [1.82, 2.24) is 5.32 Å². The fourth-order valence-corrected chi connectivity index (χ4v) is 3.33. The SMILES string of the molecule is CCCCNCC(O)COCCOc1ccc(C(C)(C)c2ccc(OCCO)cc2)cc1. The van der Waals surface area contributed by atoms with Crippen molar-refractivity contribution in [3.63, 3.8) is 0 Å². The molecule has 0 aliphatic heterocycles. The maximum absolute atomic E-state index is 9.87. The second-order valence-corrected chi connectivity index (χ2v) is 8.38. The van der Waals surface area contributed by atoms with Gasteiger partial charge in [-0.25, -0.2) is 0 Å². The van der Waals surface area contributed by atoms with Crippen molar-refractivity contribution in [3.8, 4) is 11.5 Å². The van der Waals surface area contributed by atoms with E-state index >= 15 is 0 Å². The van der Waals surface area contributed by atoms with Gasteiger partial charge in [-0.3, -0.25) is 0 Å². The Morgan fingerprint density at radius 1 is 0.875 bits per heavy atom. The molecule has 0 spiro atoms. The number of unbranched alkanes of at least 4 members (excludes halogenated alkanes) is 1. The highest BCUT2D eigenvalue weighted by Gasteiger charge is 2.23. The van der Waals surface area contributed by atoms with Crippen molar-refractivity contribution in [3.05, 3.63) is 59.7 Å². The molecule has 0 saturated heterocycles. The number of aliphatic hydroxyl groups excluding tert-OH is 2. The van der Waals surface area contributed by atoms with Crippen LogP contribution in [0.25, 0.3) is 0 Å². The van der Waals surface area contributed by atoms with Crippen LogP contribution in [0, 0.1) is 0 Å². The summed E-state index contributed by atoms with van der Waals surface area (Å²) in [5.41, 5.74) is 2.20. The predicted octanol–water partition coefficient (Wildman–Crippen LogP) is 3.53. The van der Waals surface area contributed by atoms with Gasteiger partial charge in [0.25, 0.3) is 0 Å². The zero-order valence-corrected chi connectivity index (χ0v) is 19.7. The second-order valence-electron chi connectivity index (χ2n) is 8.38. The topological polar surface area (TPSA) is 80.2 Å². The third-order valence-electron chi connectivity index (χ3n) is 5.41. The molecule has 0 amide bonds. The Morgan fingerprint density at radius 2 is 1.44 bits per heavy atom. The average Bonchev–Trinajstić information content (AvgIpc) is 2.81. The van der Waals surface area contributed by atoms with E-state index in [1.54, 1.807) is 0 Å². The van der Waals surface area contributed by atoms with Crippen LogP contribution in [-0.2, 0) is 10.2 Å². The smallest absolute Gasteiger partial charge is 0.119 e. The molecule has 178 valence electrons. The van der Waals surface area contributed by atoms with Gasteiger partial charge in [-0.1, -0.05) is 51.5 Å². The van der Waals surface area contributed by atoms with E-state index in [0.717, 1.165) is 30.9 Å². The number of nitrogens with one attached hydrogen (secondary N) is 1. The van der Waals surface area contributed by atoms with Gasteiger partial charge in [0.2, 0.25) is 0 Å². The highest BCUT2D eigenvalue weighted by Crippen LogP contribution is 2.33. The largest absolute Gasteiger partial charge is 0.491 e. The lowest BCUT2D eigenvalue weighted by Crippen LogP contribution is -2.31. The first-order chi connectivity index (χ1) is 15.5. The maximum Gasteiger partial charge on any atom is 0.119 e. The summed E-state index contributed by atoms with van der Waals surface area (Å²) in [7, 11) is 0. The maximum atomic E-state index is 9.87. The molecule has 2 aromatic rings. The molecule has 2 rings (SSSR count). The lowest BCUT2D eigenvalue weighted by molar-refractivity contribution is 0.0252. The number of ether oxygens (including phenoxy) is 3. The molecule has 6 heteroatoms. The van der Waals surface area contributed by atoms with Gasteiger partial charge in [0.15, 0.2) is 0 Å². The van der Waals surface area contributed by atoms with Gasteiger partial charge in [0.05, 0.1) is 25.9 Å². The summed E-state index contributed by atoms with van der Waals surface area (Å²) in [5.74, 6) is 1.55. The van der Waals surface area contributed by atoms with Crippen molar-refractivity contribution in [2.45, 2.75) is 45.1 Å². The van der Waals surface area contributed by atoms with E-state index in [1.807, 2.05) is 24.3 Å². The Bertz CT molecular complexity index is 746. The van der Waals surface area contributed by atoms with Crippen molar-refractivity contribution >= 4 is 0 Å². The predicted molar refractivity (Wildman–Crippen MR) is 128 cm³/mol. The monoisotopic (exact) mass is 445 g/mol. The molecule has 0 aromatic heterocycles. The van der Waals surface area contributed by atoms with E-state index < -0.39 is 6.10 Å². The third kappa shape index (κ3) is 8.79. The first-order valence-electron chi connectivity index (χ1n) is 11.5. The van der Waals surface area contributed by atoms with Gasteiger partial charge in [0.1, 0.15) is 24.7 Å². The quantitative estimate of drug-likeness (QED) is 0.343. The van der Waals surface area contributed by atoms with Crippen molar-refractivity contribution in [2.24, 2.45) is 0 Å². The van der Waals surface area contributed by atoms with E-state index in [2.05, 4.69) is 50.4 Å². The van der Waals surface area contributed by atoms with Gasteiger partial charge >= 0.3 is 0 Å². The molecule has 0 aliphatic carbocycles. The van der Waals surface area contributed by atoms with E-state index in [9.17, 15) is 5.11 Å². The molecule has 6 nitrogen and oxygen atoms in total. The van der Waals surface area contributed by atoms with Crippen LogP contribution in [0.2, 0.25) is 0 Å². The molecule has 0 radical (unpaired) electrons. The molecule has 0 bridgehead atoms. The molecule has 2 aromatic carbocycles. The molecule has 0 fully saturated rings. The first kappa shape index (κ1) is 26.1. The van der Waals surface area contributed by atoms with Gasteiger partial charge in [-0.05, 0) is 48.4 Å². The second kappa shape index (κ2) is 14.1. The van der Waals surface area contributed by atoms with Crippen molar-refractivity contribution in [1.29, 1.82) is 0 Å². The van der Waals surface area contributed by atoms with Crippen LogP contribution in [0.1, 0.15) is 44.7 Å². The minimum Gasteiger partial charge on any atom is -0.491 e. The Kier molecular flexibility index (Phi) is 11.5. The fourth-order valence-electron chi connectivity index (χ4n) is 3.33. The summed E-state index contributed by atoms with van der Waals surface area (Å²) in [5, 5.41) is 22.0. The van der Waals surface area contributed by atoms with Gasteiger partial charge in [0, 0.05) is 12.0 Å². The number of hydrogen-bond donors (Lipinski definition) is 3. The van der Waals surface area contributed by atoms with Crippen LogP contribution in [0.15, 0.2) is 48.5 Å². The number of rotatable bonds is 16. The fraction of sp³-hybridized carbons (Fsp3) is 0.538. The normalized spacial score (nSPS) is 12.5. The summed E-state index contributed by atoms with van der Waals surface area (Å²) in [6.45, 7) is 9.47. The molecular weight excluding hydrogens is 406 g/mol. The molecule has 0 heterocycles. The minimum absolute atomic E-state index is 0.00630. The Labute approximate surface area is 192 Å². The zero-order chi connectivity index (χ0) is 23.2. The van der Waals surface area contributed by atoms with Gasteiger partial charge < -0.3 is 29.7 Å². The molecule has 1 atom stereocenters. The van der Waals surface area contributed by atoms with Crippen LogP contribution < -0.4 is 14.8 Å². The molecule has 0 saturated carbocycles. The zero-order valence-electron chi connectivity index (χ0n) is 19.7. The van der Waals surface area contributed by atoms with E-state index in [1.165, 1.54) is 11.1 Å². The van der Waals surface area contributed by atoms with Gasteiger partial charge in [-0.15, -0.1) is 0 Å². The Hall–Kier alpha value is -2.12. The summed E-state index contributed by atoms with van der Waals surface area (Å²) in [6, 6.07) is 16.1. The highest BCUT2D eigenvalue weighted by molar-refractivity contribution is 5.41. The molecule has 3 N–H and O–H groups in total. The van der Waals surface area contributed by atoms with Crippen LogP contribution in [0.5, 0.6) is 11.5 Å². The van der Waals surface area contributed by atoms with E-state index in [4.69, 9.17) is 19.3 Å². The first-order valence-corrected chi connectivity index (χ1v) is 11.5. The summed E-state index contributed by atoms with van der Waals surface area (Å²) < 4.78 is 16.7. The molecule has 0 aliphatic rings. The summed E-state index contributed by atoms with van der Waals surface area (Å²) in [4.78, 5) is 0. The molecule has 32 heavy (non-hydrogen) atoms. The van der Waals surface area contributed by atoms with Crippen molar-refractivity contribution < 1.29 is 24.4 Å². The minimum atomic E-state index is -0.497. The Balaban J connectivity index is 1.75.